The average Bonchev–Trinajstić information content (AvgIpc) is 3.22. The highest BCUT2D eigenvalue weighted by Gasteiger charge is 2.24. The van der Waals surface area contributed by atoms with Gasteiger partial charge in [0.1, 0.15) is 5.82 Å². The molecule has 1 aliphatic rings. The van der Waals surface area contributed by atoms with Gasteiger partial charge in [-0.25, -0.2) is 9.38 Å². The van der Waals surface area contributed by atoms with Crippen LogP contribution in [0.2, 0.25) is 0 Å². The van der Waals surface area contributed by atoms with Crippen LogP contribution in [0.4, 0.5) is 10.1 Å². The number of aryl methyl sites for hydroxylation is 1. The van der Waals surface area contributed by atoms with Crippen molar-refractivity contribution in [2.45, 2.75) is 13.8 Å². The Bertz CT molecular complexity index is 1230. The summed E-state index contributed by atoms with van der Waals surface area (Å²) in [5.41, 5.74) is 5.07. The second kappa shape index (κ2) is 8.01. The number of nitrogens with zero attached hydrogens (tertiary/aromatic N) is 3. The Kier molecular flexibility index (Phi) is 5.25. The van der Waals surface area contributed by atoms with Gasteiger partial charge in [0.2, 0.25) is 0 Å². The lowest BCUT2D eigenvalue weighted by molar-refractivity contribution is -0.115. The minimum absolute atomic E-state index is 0.218. The number of nitrogens with one attached hydrogen (secondary N) is 1. The fraction of sp³-hybridized carbons (Fsp3) is 0.0870. The lowest BCUT2D eigenvalue weighted by atomic mass is 10.2. The molecule has 4 rings (SSSR count). The summed E-state index contributed by atoms with van der Waals surface area (Å²) in [6.07, 6.45) is 1.84. The number of nitriles is 1. The number of carbonyl (C=O) groups excluding carboxylic acids is 1. The van der Waals surface area contributed by atoms with Gasteiger partial charge in [0.15, 0.2) is 5.17 Å². The molecular weight excluding hydrogens is 399 g/mol. The molecule has 0 radical (unpaired) electrons. The van der Waals surface area contributed by atoms with Crippen LogP contribution in [0.15, 0.2) is 64.5 Å². The van der Waals surface area contributed by atoms with Crippen molar-refractivity contribution < 1.29 is 9.18 Å². The normalized spacial score (nSPS) is 16.1. The van der Waals surface area contributed by atoms with Crippen molar-refractivity contribution in [3.8, 4) is 11.8 Å². The second-order valence-corrected chi connectivity index (χ2v) is 7.81. The van der Waals surface area contributed by atoms with Gasteiger partial charge in [-0.15, -0.1) is 0 Å². The maximum atomic E-state index is 13.1. The first kappa shape index (κ1) is 19.7. The number of hydrogen-bond donors (Lipinski definition) is 1. The third-order valence-electron chi connectivity index (χ3n) is 4.72. The summed E-state index contributed by atoms with van der Waals surface area (Å²) in [5, 5.41) is 12.2. The van der Waals surface area contributed by atoms with Gasteiger partial charge in [-0.1, -0.05) is 0 Å². The van der Waals surface area contributed by atoms with Gasteiger partial charge in [0.05, 0.1) is 22.2 Å². The number of aromatic nitrogens is 1. The fourth-order valence-corrected chi connectivity index (χ4v) is 4.10. The van der Waals surface area contributed by atoms with E-state index in [1.165, 1.54) is 23.9 Å². The molecule has 148 valence electrons. The number of carbonyl (C=O) groups is 1. The minimum atomic E-state index is -0.333. The van der Waals surface area contributed by atoms with E-state index in [1.54, 1.807) is 24.3 Å². The van der Waals surface area contributed by atoms with Crippen molar-refractivity contribution in [1.29, 1.82) is 5.26 Å². The van der Waals surface area contributed by atoms with E-state index < -0.39 is 0 Å². The fourth-order valence-electron chi connectivity index (χ4n) is 3.27. The Morgan fingerprint density at radius 2 is 1.83 bits per heavy atom. The van der Waals surface area contributed by atoms with Crippen LogP contribution in [0.5, 0.6) is 0 Å². The first-order valence-electron chi connectivity index (χ1n) is 9.19. The molecule has 2 heterocycles. The van der Waals surface area contributed by atoms with E-state index in [1.807, 2.05) is 38.1 Å². The Balaban J connectivity index is 1.62. The maximum Gasteiger partial charge on any atom is 0.264 e. The number of benzene rings is 2. The van der Waals surface area contributed by atoms with Crippen molar-refractivity contribution in [1.82, 2.24) is 9.88 Å². The standard InChI is InChI=1S/C23H17FN4OS/c1-14-11-17(15(2)28(14)20-9-3-16(13-25)4-10-20)12-21-22(29)27-23(30-21)26-19-7-5-18(24)6-8-19/h3-12H,1-2H3,(H,26,27,29)/b21-12+. The first-order valence-corrected chi connectivity index (χ1v) is 10.0. The predicted octanol–water partition coefficient (Wildman–Crippen LogP) is 5.00. The molecule has 0 atom stereocenters. The number of amides is 1. The highest BCUT2D eigenvalue weighted by Crippen LogP contribution is 2.30. The number of hydrogen-bond acceptors (Lipinski definition) is 4. The summed E-state index contributed by atoms with van der Waals surface area (Å²) in [7, 11) is 0. The molecule has 1 N–H and O–H groups in total. The molecule has 1 saturated heterocycles. The van der Waals surface area contributed by atoms with Gasteiger partial charge >= 0.3 is 0 Å². The Labute approximate surface area is 177 Å². The molecular formula is C23H17FN4OS. The zero-order chi connectivity index (χ0) is 21.3. The van der Waals surface area contributed by atoms with E-state index >= 15 is 0 Å². The number of amidine groups is 1. The zero-order valence-corrected chi connectivity index (χ0v) is 17.1. The van der Waals surface area contributed by atoms with Crippen molar-refractivity contribution in [3.05, 3.63) is 87.8 Å². The largest absolute Gasteiger partial charge is 0.318 e. The van der Waals surface area contributed by atoms with Crippen LogP contribution in [-0.2, 0) is 4.79 Å². The molecule has 7 heteroatoms. The molecule has 0 aliphatic carbocycles. The minimum Gasteiger partial charge on any atom is -0.318 e. The number of thioether (sulfide) groups is 1. The summed E-state index contributed by atoms with van der Waals surface area (Å²) in [4.78, 5) is 17.3. The highest BCUT2D eigenvalue weighted by atomic mass is 32.2. The summed E-state index contributed by atoms with van der Waals surface area (Å²) < 4.78 is 15.1. The molecule has 3 aromatic rings. The summed E-state index contributed by atoms with van der Waals surface area (Å²) in [6, 6.07) is 17.3. The number of rotatable bonds is 3. The van der Waals surface area contributed by atoms with Crippen LogP contribution in [0, 0.1) is 31.0 Å². The molecule has 2 aromatic carbocycles. The summed E-state index contributed by atoms with van der Waals surface area (Å²) in [6.45, 7) is 3.99. The monoisotopic (exact) mass is 416 g/mol. The van der Waals surface area contributed by atoms with Gasteiger partial charge in [0.25, 0.3) is 5.91 Å². The molecule has 5 nitrogen and oxygen atoms in total. The summed E-state index contributed by atoms with van der Waals surface area (Å²) >= 11 is 1.25. The molecule has 0 bridgehead atoms. The van der Waals surface area contributed by atoms with E-state index in [2.05, 4.69) is 20.9 Å². The van der Waals surface area contributed by atoms with Crippen LogP contribution in [0.1, 0.15) is 22.5 Å². The summed E-state index contributed by atoms with van der Waals surface area (Å²) in [5.74, 6) is -0.552. The van der Waals surface area contributed by atoms with Crippen LogP contribution < -0.4 is 5.32 Å². The average molecular weight is 416 g/mol. The van der Waals surface area contributed by atoms with Gasteiger partial charge in [-0.05, 0) is 91.8 Å². The Morgan fingerprint density at radius 1 is 1.13 bits per heavy atom. The molecule has 0 unspecified atom stereocenters. The van der Waals surface area contributed by atoms with E-state index in [4.69, 9.17) is 5.26 Å². The van der Waals surface area contributed by atoms with E-state index in [9.17, 15) is 9.18 Å². The molecule has 0 saturated carbocycles. The van der Waals surface area contributed by atoms with Gasteiger partial charge in [-0.3, -0.25) is 4.79 Å². The van der Waals surface area contributed by atoms with Crippen molar-refractivity contribution in [2.75, 3.05) is 0 Å². The van der Waals surface area contributed by atoms with Crippen molar-refractivity contribution in [3.63, 3.8) is 0 Å². The van der Waals surface area contributed by atoms with E-state index in [-0.39, 0.29) is 11.7 Å². The van der Waals surface area contributed by atoms with Crippen LogP contribution in [-0.4, -0.2) is 15.6 Å². The molecule has 30 heavy (non-hydrogen) atoms. The van der Waals surface area contributed by atoms with Crippen LogP contribution in [0.3, 0.4) is 0 Å². The van der Waals surface area contributed by atoms with Crippen LogP contribution >= 0.6 is 11.8 Å². The lowest BCUT2D eigenvalue weighted by Crippen LogP contribution is -2.19. The third-order valence-corrected chi connectivity index (χ3v) is 5.63. The van der Waals surface area contributed by atoms with Crippen molar-refractivity contribution in [2.24, 2.45) is 4.99 Å². The topological polar surface area (TPSA) is 70.2 Å². The SMILES string of the molecule is Cc1cc(/C=C2/SC(=Nc3ccc(F)cc3)NC2=O)c(C)n1-c1ccc(C#N)cc1. The highest BCUT2D eigenvalue weighted by molar-refractivity contribution is 8.18. The van der Waals surface area contributed by atoms with E-state index in [0.29, 0.717) is 21.3 Å². The predicted molar refractivity (Wildman–Crippen MR) is 117 cm³/mol. The van der Waals surface area contributed by atoms with Gasteiger partial charge in [-0.2, -0.15) is 5.26 Å². The first-order chi connectivity index (χ1) is 14.4. The molecule has 1 fully saturated rings. The second-order valence-electron chi connectivity index (χ2n) is 6.78. The van der Waals surface area contributed by atoms with Crippen molar-refractivity contribution >= 4 is 34.6 Å². The zero-order valence-electron chi connectivity index (χ0n) is 16.3. The quantitative estimate of drug-likeness (QED) is 0.611. The number of halogens is 1. The lowest BCUT2D eigenvalue weighted by Gasteiger charge is -2.09. The van der Waals surface area contributed by atoms with E-state index in [0.717, 1.165) is 22.6 Å². The Morgan fingerprint density at radius 3 is 2.50 bits per heavy atom. The molecule has 1 aliphatic heterocycles. The van der Waals surface area contributed by atoms with Gasteiger partial charge in [0, 0.05) is 17.1 Å². The number of aliphatic imine (C=N–C) groups is 1. The molecule has 1 amide bonds. The molecule has 1 aromatic heterocycles. The maximum absolute atomic E-state index is 13.1. The third kappa shape index (κ3) is 3.91. The molecule has 0 spiro atoms. The Hall–Kier alpha value is -3.63. The van der Waals surface area contributed by atoms with Crippen LogP contribution in [0.25, 0.3) is 11.8 Å². The smallest absolute Gasteiger partial charge is 0.264 e. The van der Waals surface area contributed by atoms with Gasteiger partial charge < -0.3 is 9.88 Å².